The maximum Gasteiger partial charge on any atom is 0.490 e. The van der Waals surface area contributed by atoms with Crippen LogP contribution in [0.3, 0.4) is 0 Å². The van der Waals surface area contributed by atoms with Crippen molar-refractivity contribution < 1.29 is 37.1 Å². The van der Waals surface area contributed by atoms with Crippen LogP contribution in [0.1, 0.15) is 46.6 Å². The van der Waals surface area contributed by atoms with Gasteiger partial charge < -0.3 is 19.3 Å². The standard InChI is InChI=1S/C24H31N3O3.C2HF3O2/c1-18-21(19(2)30-25-18)22(28)27-11-8-23(9-12-27)15-26(14-20-6-4-3-5-7-20)16-24(23)10-13-29-17-24;3-2(4,5)1(6)7/h3-7H,8-17H2,1-2H3;(H,6,7). The number of halogens is 3. The number of carbonyl (C=O) groups is 2. The molecule has 37 heavy (non-hydrogen) atoms. The Morgan fingerprint density at radius 1 is 1.05 bits per heavy atom. The number of piperidine rings is 1. The van der Waals surface area contributed by atoms with Crippen molar-refractivity contribution in [3.8, 4) is 0 Å². The highest BCUT2D eigenvalue weighted by Gasteiger charge is 2.59. The number of hydrogen-bond donors (Lipinski definition) is 1. The molecule has 0 aliphatic carbocycles. The van der Waals surface area contributed by atoms with Gasteiger partial charge in [-0.05, 0) is 44.1 Å². The van der Waals surface area contributed by atoms with E-state index in [2.05, 4.69) is 40.4 Å². The average Bonchev–Trinajstić information content (AvgIpc) is 3.53. The van der Waals surface area contributed by atoms with E-state index in [-0.39, 0.29) is 16.7 Å². The van der Waals surface area contributed by atoms with Crippen LogP contribution in [-0.4, -0.2) is 77.5 Å². The second-order valence-corrected chi connectivity index (χ2v) is 10.3. The summed E-state index contributed by atoms with van der Waals surface area (Å²) in [6.45, 7) is 10.2. The van der Waals surface area contributed by atoms with Gasteiger partial charge in [-0.25, -0.2) is 4.79 Å². The number of aromatic nitrogens is 1. The molecule has 0 bridgehead atoms. The lowest BCUT2D eigenvalue weighted by Crippen LogP contribution is -2.51. The third-order valence-corrected chi connectivity index (χ3v) is 8.03. The van der Waals surface area contributed by atoms with Crippen molar-refractivity contribution in [1.29, 1.82) is 0 Å². The van der Waals surface area contributed by atoms with Crippen LogP contribution in [0.15, 0.2) is 34.9 Å². The van der Waals surface area contributed by atoms with Gasteiger partial charge in [0.05, 0.1) is 12.3 Å². The average molecular weight is 524 g/mol. The van der Waals surface area contributed by atoms with Crippen LogP contribution < -0.4 is 0 Å². The largest absolute Gasteiger partial charge is 0.490 e. The summed E-state index contributed by atoms with van der Waals surface area (Å²) in [6.07, 6.45) is -1.87. The molecule has 2 aromatic rings. The fraction of sp³-hybridized carbons (Fsp3) is 0.577. The first-order valence-electron chi connectivity index (χ1n) is 12.3. The number of alkyl halides is 3. The molecule has 1 atom stereocenters. The molecule has 0 radical (unpaired) electrons. The smallest absolute Gasteiger partial charge is 0.475 e. The topological polar surface area (TPSA) is 96.1 Å². The van der Waals surface area contributed by atoms with Crippen molar-refractivity contribution in [1.82, 2.24) is 15.0 Å². The summed E-state index contributed by atoms with van der Waals surface area (Å²) in [5, 5.41) is 11.1. The van der Waals surface area contributed by atoms with Gasteiger partial charge in [0, 0.05) is 44.7 Å². The number of likely N-dealkylation sites (tertiary alicyclic amines) is 2. The first-order valence-corrected chi connectivity index (χ1v) is 12.3. The fourth-order valence-electron chi connectivity index (χ4n) is 6.12. The minimum absolute atomic E-state index is 0.0666. The van der Waals surface area contributed by atoms with Gasteiger partial charge in [0.25, 0.3) is 5.91 Å². The summed E-state index contributed by atoms with van der Waals surface area (Å²) in [7, 11) is 0. The molecule has 1 N–H and O–H groups in total. The third kappa shape index (κ3) is 5.52. The van der Waals surface area contributed by atoms with E-state index in [1.54, 1.807) is 0 Å². The van der Waals surface area contributed by atoms with Gasteiger partial charge >= 0.3 is 12.1 Å². The maximum atomic E-state index is 13.1. The lowest BCUT2D eigenvalue weighted by molar-refractivity contribution is -0.192. The zero-order chi connectivity index (χ0) is 26.8. The summed E-state index contributed by atoms with van der Waals surface area (Å²) in [4.78, 5) is 26.6. The van der Waals surface area contributed by atoms with Crippen LogP contribution in [0, 0.1) is 24.7 Å². The van der Waals surface area contributed by atoms with Gasteiger partial charge in [0.15, 0.2) is 0 Å². The quantitative estimate of drug-likeness (QED) is 0.648. The Bertz CT molecular complexity index is 1080. The predicted molar refractivity (Wildman–Crippen MR) is 127 cm³/mol. The summed E-state index contributed by atoms with van der Waals surface area (Å²) in [5.74, 6) is -2.07. The van der Waals surface area contributed by atoms with E-state index >= 15 is 0 Å². The van der Waals surface area contributed by atoms with Gasteiger partial charge in [-0.3, -0.25) is 9.69 Å². The zero-order valence-corrected chi connectivity index (χ0v) is 21.0. The van der Waals surface area contributed by atoms with E-state index in [9.17, 15) is 18.0 Å². The highest BCUT2D eigenvalue weighted by molar-refractivity contribution is 5.96. The van der Waals surface area contributed by atoms with Gasteiger partial charge in [-0.2, -0.15) is 13.2 Å². The van der Waals surface area contributed by atoms with Crippen LogP contribution in [0.25, 0.3) is 0 Å². The Hall–Kier alpha value is -2.92. The Morgan fingerprint density at radius 3 is 2.19 bits per heavy atom. The van der Waals surface area contributed by atoms with Gasteiger partial charge in [0.1, 0.15) is 11.3 Å². The molecule has 0 saturated carbocycles. The van der Waals surface area contributed by atoms with Crippen LogP contribution >= 0.6 is 0 Å². The minimum Gasteiger partial charge on any atom is -0.475 e. The maximum absolute atomic E-state index is 13.1. The molecule has 1 aromatic carbocycles. The predicted octanol–water partition coefficient (Wildman–Crippen LogP) is 4.07. The summed E-state index contributed by atoms with van der Waals surface area (Å²) >= 11 is 0. The zero-order valence-electron chi connectivity index (χ0n) is 21.0. The molecule has 11 heteroatoms. The van der Waals surface area contributed by atoms with Crippen LogP contribution in [0.2, 0.25) is 0 Å². The molecule has 202 valence electrons. The number of carboxylic acid groups (broad SMARTS) is 1. The summed E-state index contributed by atoms with van der Waals surface area (Å²) in [5.41, 5.74) is 3.15. The first-order chi connectivity index (χ1) is 17.5. The number of ether oxygens (including phenoxy) is 1. The number of nitrogens with zero attached hydrogens (tertiary/aromatic N) is 3. The molecule has 2 spiro atoms. The number of amides is 1. The van der Waals surface area contributed by atoms with Crippen LogP contribution in [-0.2, 0) is 16.1 Å². The molecule has 4 heterocycles. The van der Waals surface area contributed by atoms with Crippen molar-refractivity contribution in [2.75, 3.05) is 39.4 Å². The Labute approximate surface area is 213 Å². The van der Waals surface area contributed by atoms with Crippen molar-refractivity contribution in [2.24, 2.45) is 10.8 Å². The number of hydrogen-bond acceptors (Lipinski definition) is 6. The number of aliphatic carboxylic acids is 1. The molecule has 1 aromatic heterocycles. The number of carboxylic acids is 1. The number of rotatable bonds is 3. The van der Waals surface area contributed by atoms with E-state index in [1.165, 1.54) is 5.56 Å². The monoisotopic (exact) mass is 523 g/mol. The van der Waals surface area contributed by atoms with E-state index in [4.69, 9.17) is 19.2 Å². The fourth-order valence-corrected chi connectivity index (χ4v) is 6.12. The molecule has 5 rings (SSSR count). The lowest BCUT2D eigenvalue weighted by Gasteiger charge is -2.47. The van der Waals surface area contributed by atoms with Crippen LogP contribution in [0.5, 0.6) is 0 Å². The second kappa shape index (κ2) is 10.4. The second-order valence-electron chi connectivity index (χ2n) is 10.3. The van der Waals surface area contributed by atoms with E-state index in [0.717, 1.165) is 65.2 Å². The number of fused-ring (bicyclic) bond motifs is 1. The molecule has 3 saturated heterocycles. The number of benzene rings is 1. The third-order valence-electron chi connectivity index (χ3n) is 8.03. The number of carbonyl (C=O) groups excluding carboxylic acids is 1. The minimum atomic E-state index is -5.08. The van der Waals surface area contributed by atoms with E-state index in [1.807, 2.05) is 18.7 Å². The van der Waals surface area contributed by atoms with Gasteiger partial charge in [-0.1, -0.05) is 35.5 Å². The molecule has 8 nitrogen and oxygen atoms in total. The summed E-state index contributed by atoms with van der Waals surface area (Å²) in [6, 6.07) is 10.7. The highest BCUT2D eigenvalue weighted by Crippen LogP contribution is 2.57. The highest BCUT2D eigenvalue weighted by atomic mass is 19.4. The molecule has 3 aliphatic heterocycles. The molecule has 1 unspecified atom stereocenters. The molecule has 3 aliphatic rings. The van der Waals surface area contributed by atoms with Gasteiger partial charge in [-0.15, -0.1) is 0 Å². The Balaban J connectivity index is 0.000000405. The normalized spacial score (nSPS) is 23.3. The number of aryl methyl sites for hydroxylation is 2. The Morgan fingerprint density at radius 2 is 1.68 bits per heavy atom. The van der Waals surface area contributed by atoms with E-state index < -0.39 is 12.1 Å². The lowest BCUT2D eigenvalue weighted by atomic mass is 9.60. The molecule has 1 amide bonds. The van der Waals surface area contributed by atoms with Crippen LogP contribution in [0.4, 0.5) is 13.2 Å². The first kappa shape index (κ1) is 27.1. The molecular weight excluding hydrogens is 491 g/mol. The van der Waals surface area contributed by atoms with E-state index in [0.29, 0.717) is 17.0 Å². The SMILES string of the molecule is Cc1noc(C)c1C(=O)N1CCC2(CC1)CN(Cc1ccccc1)CC21CCOC1.O=C(O)C(F)(F)F. The van der Waals surface area contributed by atoms with Gasteiger partial charge in [0.2, 0.25) is 0 Å². The van der Waals surface area contributed by atoms with Crippen molar-refractivity contribution in [2.45, 2.75) is 45.8 Å². The Kier molecular flexibility index (Phi) is 7.66. The summed E-state index contributed by atoms with van der Waals surface area (Å²) < 4.78 is 42.9. The van der Waals surface area contributed by atoms with Crippen molar-refractivity contribution in [3.63, 3.8) is 0 Å². The molecule has 3 fully saturated rings. The van der Waals surface area contributed by atoms with Crippen molar-refractivity contribution >= 4 is 11.9 Å². The molecular formula is C26H32F3N3O5. The van der Waals surface area contributed by atoms with Crippen molar-refractivity contribution in [3.05, 3.63) is 52.9 Å².